The summed E-state index contributed by atoms with van der Waals surface area (Å²) >= 11 is 0. The molecule has 0 aromatic carbocycles. The fourth-order valence-electron chi connectivity index (χ4n) is 1.75. The lowest BCUT2D eigenvalue weighted by Crippen LogP contribution is -2.66. The minimum atomic E-state index is -0.804. The van der Waals surface area contributed by atoms with Crippen LogP contribution in [-0.4, -0.2) is 41.4 Å². The van der Waals surface area contributed by atoms with Crippen molar-refractivity contribution in [2.75, 3.05) is 13.1 Å². The van der Waals surface area contributed by atoms with Crippen molar-refractivity contribution in [3.05, 3.63) is 0 Å². The van der Waals surface area contributed by atoms with Gasteiger partial charge in [0.25, 0.3) is 0 Å². The summed E-state index contributed by atoms with van der Waals surface area (Å²) in [4.78, 5) is 25.4. The molecule has 5 nitrogen and oxygen atoms in total. The van der Waals surface area contributed by atoms with Gasteiger partial charge in [-0.05, 0) is 19.8 Å². The molecule has 1 heterocycles. The number of carbonyl (C=O) groups is 2. The summed E-state index contributed by atoms with van der Waals surface area (Å²) < 4.78 is 0. The van der Waals surface area contributed by atoms with Crippen molar-refractivity contribution in [3.8, 4) is 0 Å². The lowest BCUT2D eigenvalue weighted by atomic mass is 9.95. The first-order chi connectivity index (χ1) is 7.28. The number of nitrogens with zero attached hydrogens (tertiary/aromatic N) is 1. The second kappa shape index (κ2) is 4.41. The van der Waals surface area contributed by atoms with E-state index in [9.17, 15) is 9.59 Å². The molecular weight excluding hydrogens is 206 g/mol. The van der Waals surface area contributed by atoms with Crippen molar-refractivity contribution in [2.24, 2.45) is 11.7 Å². The van der Waals surface area contributed by atoms with Crippen LogP contribution in [0.5, 0.6) is 0 Å². The van der Waals surface area contributed by atoms with Crippen molar-refractivity contribution in [1.29, 1.82) is 0 Å². The van der Waals surface area contributed by atoms with Crippen molar-refractivity contribution >= 4 is 11.8 Å². The first kappa shape index (κ1) is 13.0. The highest BCUT2D eigenvalue weighted by atomic mass is 16.2. The highest BCUT2D eigenvalue weighted by Gasteiger charge is 2.42. The smallest absolute Gasteiger partial charge is 0.245 e. The summed E-state index contributed by atoms with van der Waals surface area (Å²) in [6.07, 6.45) is 0. The van der Waals surface area contributed by atoms with E-state index < -0.39 is 11.6 Å². The van der Waals surface area contributed by atoms with Crippen LogP contribution in [-0.2, 0) is 9.59 Å². The van der Waals surface area contributed by atoms with Gasteiger partial charge in [0.05, 0.1) is 6.04 Å². The second-order valence-electron chi connectivity index (χ2n) is 5.07. The highest BCUT2D eigenvalue weighted by Crippen LogP contribution is 2.19. The molecule has 1 aliphatic rings. The van der Waals surface area contributed by atoms with Gasteiger partial charge in [0, 0.05) is 13.1 Å². The van der Waals surface area contributed by atoms with Crippen molar-refractivity contribution in [3.63, 3.8) is 0 Å². The lowest BCUT2D eigenvalue weighted by molar-refractivity contribution is -0.150. The van der Waals surface area contributed by atoms with Gasteiger partial charge in [-0.15, -0.1) is 0 Å². The van der Waals surface area contributed by atoms with E-state index in [0.29, 0.717) is 13.1 Å². The number of hydrogen-bond acceptors (Lipinski definition) is 3. The zero-order valence-electron chi connectivity index (χ0n) is 10.4. The number of nitrogens with two attached hydrogens (primary N) is 1. The fraction of sp³-hybridized carbons (Fsp3) is 0.818. The standard InChI is InChI=1S/C11H21N3O2/c1-7(2)8(12)9(15)14-6-5-13-10(16)11(14,3)4/h7-8H,5-6,12H2,1-4H3,(H,13,16)/t8-/m1/s1. The molecule has 1 aliphatic heterocycles. The molecule has 16 heavy (non-hydrogen) atoms. The molecule has 1 atom stereocenters. The molecule has 2 amide bonds. The molecule has 0 bridgehead atoms. The van der Waals surface area contributed by atoms with Crippen LogP contribution in [0.2, 0.25) is 0 Å². The number of carbonyl (C=O) groups excluding carboxylic acids is 2. The molecule has 0 aliphatic carbocycles. The zero-order valence-corrected chi connectivity index (χ0v) is 10.4. The molecule has 0 radical (unpaired) electrons. The van der Waals surface area contributed by atoms with Gasteiger partial charge in [-0.25, -0.2) is 0 Å². The quantitative estimate of drug-likeness (QED) is 0.680. The van der Waals surface area contributed by atoms with E-state index >= 15 is 0 Å². The molecule has 0 aromatic heterocycles. The molecule has 1 fully saturated rings. The molecule has 1 saturated heterocycles. The molecule has 0 spiro atoms. The minimum absolute atomic E-state index is 0.0771. The van der Waals surface area contributed by atoms with Crippen LogP contribution in [0.4, 0.5) is 0 Å². The second-order valence-corrected chi connectivity index (χ2v) is 5.07. The number of rotatable bonds is 2. The Labute approximate surface area is 96.4 Å². The molecule has 0 unspecified atom stereocenters. The summed E-state index contributed by atoms with van der Waals surface area (Å²) in [7, 11) is 0. The van der Waals surface area contributed by atoms with Gasteiger partial charge in [-0.3, -0.25) is 9.59 Å². The highest BCUT2D eigenvalue weighted by molar-refractivity contribution is 5.93. The van der Waals surface area contributed by atoms with E-state index in [1.54, 1.807) is 18.7 Å². The summed E-state index contributed by atoms with van der Waals surface area (Å²) in [5.74, 6) is -0.189. The Bertz CT molecular complexity index is 300. The maximum atomic E-state index is 12.1. The van der Waals surface area contributed by atoms with E-state index in [4.69, 9.17) is 5.73 Å². The van der Waals surface area contributed by atoms with Crippen molar-refractivity contribution < 1.29 is 9.59 Å². The lowest BCUT2D eigenvalue weighted by Gasteiger charge is -2.42. The number of nitrogens with one attached hydrogen (secondary N) is 1. The Morgan fingerprint density at radius 3 is 2.56 bits per heavy atom. The average Bonchev–Trinajstić information content (AvgIpc) is 2.19. The minimum Gasteiger partial charge on any atom is -0.352 e. The summed E-state index contributed by atoms with van der Waals surface area (Å²) in [6.45, 7) is 8.31. The average molecular weight is 227 g/mol. The van der Waals surface area contributed by atoms with Gasteiger partial charge in [0.1, 0.15) is 5.54 Å². The number of piperazine rings is 1. The van der Waals surface area contributed by atoms with Gasteiger partial charge in [0.15, 0.2) is 0 Å². The molecule has 0 aromatic rings. The van der Waals surface area contributed by atoms with E-state index in [1.807, 2.05) is 13.8 Å². The predicted molar refractivity (Wildman–Crippen MR) is 61.6 cm³/mol. The Balaban J connectivity index is 2.86. The van der Waals surface area contributed by atoms with E-state index in [-0.39, 0.29) is 17.7 Å². The van der Waals surface area contributed by atoms with Crippen LogP contribution in [0, 0.1) is 5.92 Å². The topological polar surface area (TPSA) is 75.4 Å². The van der Waals surface area contributed by atoms with Crippen molar-refractivity contribution in [1.82, 2.24) is 10.2 Å². The van der Waals surface area contributed by atoms with Gasteiger partial charge in [-0.1, -0.05) is 13.8 Å². The molecule has 92 valence electrons. The van der Waals surface area contributed by atoms with E-state index in [1.165, 1.54) is 0 Å². The van der Waals surface area contributed by atoms with Gasteiger partial charge < -0.3 is 16.0 Å². The Morgan fingerprint density at radius 2 is 2.06 bits per heavy atom. The summed E-state index contributed by atoms with van der Waals surface area (Å²) in [5.41, 5.74) is 5.03. The van der Waals surface area contributed by atoms with E-state index in [0.717, 1.165) is 0 Å². The first-order valence-electron chi connectivity index (χ1n) is 5.64. The van der Waals surface area contributed by atoms with Crippen molar-refractivity contribution in [2.45, 2.75) is 39.3 Å². The molecular formula is C11H21N3O2. The van der Waals surface area contributed by atoms with Crippen LogP contribution in [0.15, 0.2) is 0 Å². The van der Waals surface area contributed by atoms with Gasteiger partial charge >= 0.3 is 0 Å². The summed E-state index contributed by atoms with van der Waals surface area (Å²) in [6, 6.07) is -0.537. The Hall–Kier alpha value is -1.10. The van der Waals surface area contributed by atoms with E-state index in [2.05, 4.69) is 5.32 Å². The maximum absolute atomic E-state index is 12.1. The van der Waals surface area contributed by atoms with Crippen LogP contribution in [0.1, 0.15) is 27.7 Å². The molecule has 5 heteroatoms. The normalized spacial score (nSPS) is 21.9. The number of hydrogen-bond donors (Lipinski definition) is 2. The monoisotopic (exact) mass is 227 g/mol. The molecule has 0 saturated carbocycles. The van der Waals surface area contributed by atoms with Crippen LogP contribution < -0.4 is 11.1 Å². The maximum Gasteiger partial charge on any atom is 0.245 e. The summed E-state index contributed by atoms with van der Waals surface area (Å²) in [5, 5.41) is 2.75. The van der Waals surface area contributed by atoms with Gasteiger partial charge in [-0.2, -0.15) is 0 Å². The largest absolute Gasteiger partial charge is 0.352 e. The zero-order chi connectivity index (χ0) is 12.5. The molecule has 3 N–H and O–H groups in total. The van der Waals surface area contributed by atoms with Crippen LogP contribution in [0.25, 0.3) is 0 Å². The Morgan fingerprint density at radius 1 is 1.50 bits per heavy atom. The SMILES string of the molecule is CC(C)[C@@H](N)C(=O)N1CCNC(=O)C1(C)C. The van der Waals surface area contributed by atoms with Crippen LogP contribution in [0.3, 0.4) is 0 Å². The third-order valence-corrected chi connectivity index (χ3v) is 3.12. The predicted octanol–water partition coefficient (Wildman–Crippen LogP) is -0.293. The first-order valence-corrected chi connectivity index (χ1v) is 5.64. The number of amides is 2. The Kier molecular flexibility index (Phi) is 3.57. The third kappa shape index (κ3) is 2.19. The third-order valence-electron chi connectivity index (χ3n) is 3.12. The van der Waals surface area contributed by atoms with Crippen LogP contribution >= 0.6 is 0 Å². The molecule has 1 rings (SSSR count). The fourth-order valence-corrected chi connectivity index (χ4v) is 1.75. The van der Waals surface area contributed by atoms with Gasteiger partial charge in [0.2, 0.25) is 11.8 Å².